The summed E-state index contributed by atoms with van der Waals surface area (Å²) in [5.41, 5.74) is 1.24. The Morgan fingerprint density at radius 3 is 2.81 bits per heavy atom. The number of rotatable bonds is 1. The third-order valence-corrected chi connectivity index (χ3v) is 2.55. The summed E-state index contributed by atoms with van der Waals surface area (Å²) in [5.74, 6) is 0. The van der Waals surface area contributed by atoms with Gasteiger partial charge >= 0.3 is 0 Å². The molecule has 3 rings (SSSR count). The van der Waals surface area contributed by atoms with Gasteiger partial charge in [-0.15, -0.1) is 0 Å². The molecule has 0 bridgehead atoms. The lowest BCUT2D eigenvalue weighted by atomic mass is 10.1. The lowest BCUT2D eigenvalue weighted by molar-refractivity contribution is 0.374. The van der Waals surface area contributed by atoms with Crippen molar-refractivity contribution in [2.24, 2.45) is 0 Å². The summed E-state index contributed by atoms with van der Waals surface area (Å²) in [6.45, 7) is 0. The monoisotopic (exact) mass is 213 g/mol. The number of hydrogen-bond donors (Lipinski definition) is 0. The van der Waals surface area contributed by atoms with Crippen molar-refractivity contribution in [3.8, 4) is 11.3 Å². The fourth-order valence-electron chi connectivity index (χ4n) is 1.80. The minimum atomic E-state index is 0.443. The maximum absolute atomic E-state index is 13.4. The highest BCUT2D eigenvalue weighted by Gasteiger charge is 2.08. The van der Waals surface area contributed by atoms with E-state index in [4.69, 9.17) is 0 Å². The van der Waals surface area contributed by atoms with Gasteiger partial charge in [0, 0.05) is 23.3 Å². The second kappa shape index (κ2) is 3.41. The van der Waals surface area contributed by atoms with Crippen molar-refractivity contribution in [3.05, 3.63) is 49.2 Å². The topological polar surface area (TPSA) is 30.7 Å². The standard InChI is InChI=1S/C12H8FN3/c13-16-8-15-7-12(16)10-3-1-2-9-4-5-14-6-11(9)10/h1-8H. The SMILES string of the molecule is Fn1cncc1-c1cccc2ccncc12. The van der Waals surface area contributed by atoms with E-state index in [0.717, 1.165) is 22.7 Å². The molecule has 3 nitrogen and oxygen atoms in total. The van der Waals surface area contributed by atoms with Gasteiger partial charge in [0.1, 0.15) is 12.0 Å². The average Bonchev–Trinajstić information content (AvgIpc) is 2.75. The minimum absolute atomic E-state index is 0.443. The Morgan fingerprint density at radius 2 is 2.00 bits per heavy atom. The smallest absolute Gasteiger partial charge is 0.127 e. The zero-order valence-electron chi connectivity index (χ0n) is 8.34. The number of pyridine rings is 1. The van der Waals surface area contributed by atoms with Crippen LogP contribution in [0.4, 0.5) is 4.48 Å². The third-order valence-electron chi connectivity index (χ3n) is 2.55. The van der Waals surface area contributed by atoms with E-state index in [1.54, 1.807) is 12.4 Å². The van der Waals surface area contributed by atoms with Gasteiger partial charge in [0.05, 0.1) is 6.20 Å². The number of benzene rings is 1. The Hall–Kier alpha value is -2.23. The van der Waals surface area contributed by atoms with E-state index in [9.17, 15) is 4.48 Å². The number of nitrogens with zero attached hydrogens (tertiary/aromatic N) is 3. The molecular weight excluding hydrogens is 205 g/mol. The second-order valence-corrected chi connectivity index (χ2v) is 3.49. The molecule has 0 amide bonds. The van der Waals surface area contributed by atoms with E-state index in [0.29, 0.717) is 10.5 Å². The summed E-state index contributed by atoms with van der Waals surface area (Å²) in [6, 6.07) is 7.62. The van der Waals surface area contributed by atoms with Crippen molar-refractivity contribution in [2.45, 2.75) is 0 Å². The summed E-state index contributed by atoms with van der Waals surface area (Å²) in [7, 11) is 0. The Labute approximate surface area is 91.1 Å². The second-order valence-electron chi connectivity index (χ2n) is 3.49. The van der Waals surface area contributed by atoms with Crippen LogP contribution in [-0.2, 0) is 0 Å². The fourth-order valence-corrected chi connectivity index (χ4v) is 1.80. The van der Waals surface area contributed by atoms with Gasteiger partial charge in [0.25, 0.3) is 0 Å². The lowest BCUT2D eigenvalue weighted by Crippen LogP contribution is -1.87. The number of halogens is 1. The lowest BCUT2D eigenvalue weighted by Gasteiger charge is -2.04. The molecule has 4 heteroatoms. The van der Waals surface area contributed by atoms with Crippen LogP contribution in [0.2, 0.25) is 0 Å². The van der Waals surface area contributed by atoms with Crippen molar-refractivity contribution >= 4 is 10.8 Å². The maximum Gasteiger partial charge on any atom is 0.127 e. The highest BCUT2D eigenvalue weighted by Crippen LogP contribution is 2.27. The molecule has 16 heavy (non-hydrogen) atoms. The van der Waals surface area contributed by atoms with Gasteiger partial charge in [0.2, 0.25) is 0 Å². The molecule has 2 aromatic heterocycles. The van der Waals surface area contributed by atoms with E-state index >= 15 is 0 Å². The Morgan fingerprint density at radius 1 is 1.06 bits per heavy atom. The highest BCUT2D eigenvalue weighted by atomic mass is 19.2. The van der Waals surface area contributed by atoms with Gasteiger partial charge in [0.15, 0.2) is 0 Å². The molecule has 0 radical (unpaired) electrons. The van der Waals surface area contributed by atoms with Crippen molar-refractivity contribution in [3.63, 3.8) is 0 Å². The predicted molar refractivity (Wildman–Crippen MR) is 59.5 cm³/mol. The van der Waals surface area contributed by atoms with Gasteiger partial charge in [-0.25, -0.2) is 4.98 Å². The largest absolute Gasteiger partial charge is 0.264 e. The first-order chi connectivity index (χ1) is 7.86. The summed E-state index contributed by atoms with van der Waals surface area (Å²) in [6.07, 6.45) is 6.10. The van der Waals surface area contributed by atoms with Crippen molar-refractivity contribution in [2.75, 3.05) is 0 Å². The number of fused-ring (bicyclic) bond motifs is 1. The van der Waals surface area contributed by atoms with Crippen LogP contribution in [0, 0.1) is 0 Å². The van der Waals surface area contributed by atoms with Crippen LogP contribution in [0.3, 0.4) is 0 Å². The first kappa shape index (κ1) is 9.03. The summed E-state index contributed by atoms with van der Waals surface area (Å²) in [5, 5.41) is 1.96. The van der Waals surface area contributed by atoms with Crippen LogP contribution in [0.15, 0.2) is 49.2 Å². The molecule has 0 aliphatic rings. The van der Waals surface area contributed by atoms with Crippen molar-refractivity contribution in [1.82, 2.24) is 14.8 Å². The molecule has 0 saturated heterocycles. The summed E-state index contributed by atoms with van der Waals surface area (Å²) < 4.78 is 13.4. The summed E-state index contributed by atoms with van der Waals surface area (Å²) in [4.78, 5) is 8.35. The molecule has 0 aliphatic carbocycles. The van der Waals surface area contributed by atoms with Crippen molar-refractivity contribution in [1.29, 1.82) is 0 Å². The molecule has 0 N–H and O–H groups in total. The van der Waals surface area contributed by atoms with E-state index in [-0.39, 0.29) is 0 Å². The zero-order valence-corrected chi connectivity index (χ0v) is 8.34. The van der Waals surface area contributed by atoms with Gasteiger partial charge < -0.3 is 0 Å². The van der Waals surface area contributed by atoms with Crippen molar-refractivity contribution < 1.29 is 4.48 Å². The molecule has 0 saturated carbocycles. The molecule has 1 aromatic carbocycles. The van der Waals surface area contributed by atoms with E-state index < -0.39 is 0 Å². The molecule has 0 spiro atoms. The predicted octanol–water partition coefficient (Wildman–Crippen LogP) is 2.83. The molecule has 2 heterocycles. The van der Waals surface area contributed by atoms with Crippen LogP contribution < -0.4 is 0 Å². The molecular formula is C12H8FN3. The number of imidazole rings is 1. The molecule has 0 atom stereocenters. The fraction of sp³-hybridized carbons (Fsp3) is 0. The molecule has 0 unspecified atom stereocenters. The van der Waals surface area contributed by atoms with Gasteiger partial charge in [-0.3, -0.25) is 4.98 Å². The first-order valence-electron chi connectivity index (χ1n) is 4.88. The normalized spacial score (nSPS) is 10.8. The van der Waals surface area contributed by atoms with Crippen LogP contribution in [0.25, 0.3) is 22.0 Å². The van der Waals surface area contributed by atoms with Gasteiger partial charge in [-0.1, -0.05) is 22.7 Å². The Balaban J connectivity index is 2.36. The quantitative estimate of drug-likeness (QED) is 0.622. The molecule has 78 valence electrons. The third kappa shape index (κ3) is 1.27. The van der Waals surface area contributed by atoms with Gasteiger partial charge in [-0.05, 0) is 11.5 Å². The van der Waals surface area contributed by atoms with Gasteiger partial charge in [-0.2, -0.15) is 4.79 Å². The summed E-state index contributed by atoms with van der Waals surface area (Å²) >= 11 is 0. The number of hydrogen-bond acceptors (Lipinski definition) is 2. The van der Waals surface area contributed by atoms with E-state index in [1.165, 1.54) is 6.20 Å². The van der Waals surface area contributed by atoms with Crippen LogP contribution >= 0.6 is 0 Å². The Kier molecular flexibility index (Phi) is 1.93. The van der Waals surface area contributed by atoms with E-state index in [1.807, 2.05) is 24.3 Å². The molecule has 0 aliphatic heterocycles. The van der Waals surface area contributed by atoms with E-state index in [2.05, 4.69) is 9.97 Å². The van der Waals surface area contributed by atoms with Crippen LogP contribution in [0.1, 0.15) is 0 Å². The maximum atomic E-state index is 13.4. The molecule has 0 fully saturated rings. The number of aromatic nitrogens is 3. The van der Waals surface area contributed by atoms with Crippen LogP contribution in [-0.4, -0.2) is 14.8 Å². The zero-order chi connectivity index (χ0) is 11.0. The first-order valence-corrected chi connectivity index (χ1v) is 4.88. The minimum Gasteiger partial charge on any atom is -0.264 e. The average molecular weight is 213 g/mol. The molecule has 3 aromatic rings. The highest BCUT2D eigenvalue weighted by molar-refractivity contribution is 5.95. The van der Waals surface area contributed by atoms with Crippen LogP contribution in [0.5, 0.6) is 0 Å². The Bertz CT molecular complexity index is 640.